The quantitative estimate of drug-likeness (QED) is 0.486. The molecule has 0 saturated heterocycles. The summed E-state index contributed by atoms with van der Waals surface area (Å²) in [6, 6.07) is 13.3. The van der Waals surface area contributed by atoms with Crippen molar-refractivity contribution in [2.24, 2.45) is 0 Å². The van der Waals surface area contributed by atoms with E-state index in [1.807, 2.05) is 24.3 Å². The molecule has 0 fully saturated rings. The van der Waals surface area contributed by atoms with Crippen molar-refractivity contribution in [3.05, 3.63) is 102 Å². The third kappa shape index (κ3) is 2.19. The number of phenols is 2. The SMILES string of the molecule is Oc1cc(O)c2c(c1)C1CC(c3ccoc3)(c3ccoc3)C2c2cccc[n+]21.[Cl-]. The number of pyridine rings is 1. The average Bonchev–Trinajstić information content (AvgIpc) is 3.42. The highest BCUT2D eigenvalue weighted by Gasteiger charge is 2.61. The van der Waals surface area contributed by atoms with E-state index in [4.69, 9.17) is 8.83 Å². The normalized spacial score (nSPS) is 20.6. The molecule has 5 nitrogen and oxygen atoms in total. The number of furan rings is 2. The van der Waals surface area contributed by atoms with Crippen molar-refractivity contribution < 1.29 is 36.0 Å². The second kappa shape index (κ2) is 6.16. The predicted octanol–water partition coefficient (Wildman–Crippen LogP) is 1.00. The van der Waals surface area contributed by atoms with E-state index in [0.717, 1.165) is 34.4 Å². The van der Waals surface area contributed by atoms with Gasteiger partial charge in [-0.2, -0.15) is 4.57 Å². The molecule has 2 bridgehead atoms. The second-order valence-electron chi connectivity index (χ2n) is 7.65. The van der Waals surface area contributed by atoms with Gasteiger partial charge in [-0.05, 0) is 18.2 Å². The molecule has 4 aromatic rings. The van der Waals surface area contributed by atoms with Gasteiger partial charge in [0.25, 0.3) is 0 Å². The first kappa shape index (κ1) is 17.9. The summed E-state index contributed by atoms with van der Waals surface area (Å²) in [4.78, 5) is 0. The lowest BCUT2D eigenvalue weighted by molar-refractivity contribution is -0.732. The molecule has 0 amide bonds. The number of phenolic OH excluding ortho intramolecular Hbond substituents is 2. The fourth-order valence-electron chi connectivity index (χ4n) is 5.43. The van der Waals surface area contributed by atoms with E-state index in [2.05, 4.69) is 16.8 Å². The van der Waals surface area contributed by atoms with Gasteiger partial charge in [0.2, 0.25) is 0 Å². The number of halogens is 1. The molecule has 0 radical (unpaired) electrons. The zero-order valence-corrected chi connectivity index (χ0v) is 16.1. The van der Waals surface area contributed by atoms with Crippen molar-refractivity contribution in [3.8, 4) is 11.5 Å². The van der Waals surface area contributed by atoms with Crippen LogP contribution in [0.2, 0.25) is 0 Å². The van der Waals surface area contributed by atoms with Gasteiger partial charge >= 0.3 is 0 Å². The third-order valence-electron chi connectivity index (χ3n) is 6.46. The van der Waals surface area contributed by atoms with Crippen LogP contribution in [0.3, 0.4) is 0 Å². The van der Waals surface area contributed by atoms with Gasteiger partial charge in [-0.15, -0.1) is 0 Å². The van der Waals surface area contributed by atoms with Crippen LogP contribution < -0.4 is 17.0 Å². The number of fused-ring (bicyclic) bond motifs is 1. The number of hydrogen-bond acceptors (Lipinski definition) is 4. The van der Waals surface area contributed by atoms with E-state index in [-0.39, 0.29) is 35.9 Å². The van der Waals surface area contributed by atoms with Crippen LogP contribution in [0, 0.1) is 0 Å². The Morgan fingerprint density at radius 3 is 2.34 bits per heavy atom. The molecule has 7 rings (SSSR count). The molecule has 2 N–H and O–H groups in total. The maximum absolute atomic E-state index is 10.9. The molecule has 2 aliphatic heterocycles. The van der Waals surface area contributed by atoms with Crippen molar-refractivity contribution >= 4 is 0 Å². The smallest absolute Gasteiger partial charge is 0.190 e. The molecule has 29 heavy (non-hydrogen) atoms. The summed E-state index contributed by atoms with van der Waals surface area (Å²) in [6.45, 7) is 0. The number of benzene rings is 1. The molecule has 3 aliphatic rings. The fraction of sp³-hybridized carbons (Fsp3) is 0.174. The Balaban J connectivity index is 0.00000181. The summed E-state index contributed by atoms with van der Waals surface area (Å²) < 4.78 is 13.2. The zero-order chi connectivity index (χ0) is 18.9. The summed E-state index contributed by atoms with van der Waals surface area (Å²) in [5, 5.41) is 21.0. The number of aromatic hydroxyl groups is 2. The lowest BCUT2D eigenvalue weighted by atomic mass is 9.54. The van der Waals surface area contributed by atoms with Crippen LogP contribution in [-0.4, -0.2) is 10.2 Å². The first-order valence-corrected chi connectivity index (χ1v) is 9.31. The van der Waals surface area contributed by atoms with Crippen LogP contribution in [0.25, 0.3) is 0 Å². The number of rotatable bonds is 2. The fourth-order valence-corrected chi connectivity index (χ4v) is 5.43. The molecule has 2 atom stereocenters. The van der Waals surface area contributed by atoms with Gasteiger partial charge in [-0.25, -0.2) is 0 Å². The summed E-state index contributed by atoms with van der Waals surface area (Å²) in [7, 11) is 0. The van der Waals surface area contributed by atoms with Crippen molar-refractivity contribution in [2.45, 2.75) is 23.8 Å². The highest BCUT2D eigenvalue weighted by molar-refractivity contribution is 5.59. The Morgan fingerprint density at radius 1 is 0.966 bits per heavy atom. The summed E-state index contributed by atoms with van der Waals surface area (Å²) in [6.07, 6.45) is 9.81. The number of aromatic nitrogens is 1. The van der Waals surface area contributed by atoms with E-state index in [1.54, 1.807) is 31.1 Å². The van der Waals surface area contributed by atoms with E-state index in [9.17, 15) is 10.2 Å². The third-order valence-corrected chi connectivity index (χ3v) is 6.46. The van der Waals surface area contributed by atoms with Crippen LogP contribution in [0.15, 0.2) is 82.5 Å². The summed E-state index contributed by atoms with van der Waals surface area (Å²) in [5.41, 5.74) is 4.62. The molecule has 0 saturated carbocycles. The second-order valence-corrected chi connectivity index (χ2v) is 7.65. The Labute approximate surface area is 173 Å². The van der Waals surface area contributed by atoms with Crippen LogP contribution in [0.1, 0.15) is 46.3 Å². The Hall–Kier alpha value is -3.18. The van der Waals surface area contributed by atoms with Gasteiger partial charge in [0.15, 0.2) is 17.9 Å². The minimum Gasteiger partial charge on any atom is -1.00 e. The van der Waals surface area contributed by atoms with Crippen LogP contribution in [0.5, 0.6) is 11.5 Å². The zero-order valence-electron chi connectivity index (χ0n) is 15.3. The molecule has 0 spiro atoms. The highest BCUT2D eigenvalue weighted by Crippen LogP contribution is 2.61. The molecular weight excluding hydrogens is 390 g/mol. The molecule has 1 aromatic carbocycles. The van der Waals surface area contributed by atoms with Crippen LogP contribution in [-0.2, 0) is 5.41 Å². The van der Waals surface area contributed by atoms with Crippen LogP contribution >= 0.6 is 0 Å². The minimum atomic E-state index is -0.437. The average molecular weight is 408 g/mol. The predicted molar refractivity (Wildman–Crippen MR) is 99.2 cm³/mol. The van der Waals surface area contributed by atoms with E-state index in [0.29, 0.717) is 0 Å². The van der Waals surface area contributed by atoms with Gasteiger partial charge in [0.05, 0.1) is 36.4 Å². The van der Waals surface area contributed by atoms with Crippen molar-refractivity contribution in [2.75, 3.05) is 0 Å². The molecule has 146 valence electrons. The molecule has 5 heterocycles. The Morgan fingerprint density at radius 2 is 1.69 bits per heavy atom. The van der Waals surface area contributed by atoms with Gasteiger partial charge in [-0.1, -0.05) is 6.07 Å². The maximum atomic E-state index is 10.9. The Bertz CT molecular complexity index is 1150. The number of nitrogens with zero attached hydrogens (tertiary/aromatic N) is 1. The van der Waals surface area contributed by atoms with Gasteiger partial charge in [0, 0.05) is 46.9 Å². The van der Waals surface area contributed by atoms with Gasteiger partial charge < -0.3 is 31.5 Å². The van der Waals surface area contributed by atoms with E-state index < -0.39 is 5.41 Å². The first-order chi connectivity index (χ1) is 13.7. The van der Waals surface area contributed by atoms with Crippen molar-refractivity contribution in [3.63, 3.8) is 0 Å². The molecule has 6 heteroatoms. The maximum Gasteiger partial charge on any atom is 0.190 e. The topological polar surface area (TPSA) is 70.6 Å². The van der Waals surface area contributed by atoms with Gasteiger partial charge in [-0.3, -0.25) is 0 Å². The molecule has 1 aliphatic carbocycles. The summed E-state index contributed by atoms with van der Waals surface area (Å²) >= 11 is 0. The monoisotopic (exact) mass is 407 g/mol. The largest absolute Gasteiger partial charge is 1.00 e. The molecule has 3 aromatic heterocycles. The van der Waals surface area contributed by atoms with E-state index in [1.165, 1.54) is 6.07 Å². The van der Waals surface area contributed by atoms with Crippen molar-refractivity contribution in [1.82, 2.24) is 0 Å². The lowest BCUT2D eigenvalue weighted by Crippen LogP contribution is -3.00. The first-order valence-electron chi connectivity index (χ1n) is 9.31. The number of hydrogen-bond donors (Lipinski definition) is 2. The standard InChI is InChI=1S/C23H17NO4.ClH/c25-16-9-17-19-11-23(14-4-7-27-12-14,15-5-8-28-13-15)22(21(17)20(26)10-16)18-3-1-2-6-24(18)19;/h1-10,12-13,19,22H,11H2,(H-,25,26);1H. The molecule has 2 unspecified atom stereocenters. The lowest BCUT2D eigenvalue weighted by Gasteiger charge is -2.48. The summed E-state index contributed by atoms with van der Waals surface area (Å²) in [5.74, 6) is 0.0553. The van der Waals surface area contributed by atoms with Crippen molar-refractivity contribution in [1.29, 1.82) is 0 Å². The minimum absolute atomic E-state index is 0. The Kier molecular flexibility index (Phi) is 3.80. The van der Waals surface area contributed by atoms with Crippen LogP contribution in [0.4, 0.5) is 0 Å². The van der Waals surface area contributed by atoms with E-state index >= 15 is 0 Å². The highest BCUT2D eigenvalue weighted by atomic mass is 35.5. The molecular formula is C23H18ClNO4. The van der Waals surface area contributed by atoms with Gasteiger partial charge in [0.1, 0.15) is 11.5 Å².